The standard InChI is InChI=1S/C21H22FN5/c1-16-5-4-6-17(15-16)26-11-13-27(14-12-26)20-9-10-23-21(25-20)24-19-8-3-2-7-18(19)22/h2-10,15H,11-14H2,1H3,(H,23,24,25). The molecule has 0 amide bonds. The first-order chi connectivity index (χ1) is 13.2. The number of benzene rings is 2. The van der Waals surface area contributed by atoms with Crippen LogP contribution in [0.4, 0.5) is 27.5 Å². The fraction of sp³-hybridized carbons (Fsp3) is 0.238. The Kier molecular flexibility index (Phi) is 4.87. The fourth-order valence-corrected chi connectivity index (χ4v) is 3.29. The highest BCUT2D eigenvalue weighted by Gasteiger charge is 2.19. The van der Waals surface area contributed by atoms with Gasteiger partial charge in [-0.1, -0.05) is 24.3 Å². The lowest BCUT2D eigenvalue weighted by Crippen LogP contribution is -2.46. The van der Waals surface area contributed by atoms with Crippen molar-refractivity contribution in [3.8, 4) is 0 Å². The van der Waals surface area contributed by atoms with Gasteiger partial charge in [0, 0.05) is 38.1 Å². The van der Waals surface area contributed by atoms with Crippen molar-refractivity contribution in [2.75, 3.05) is 41.3 Å². The van der Waals surface area contributed by atoms with Gasteiger partial charge >= 0.3 is 0 Å². The number of aromatic nitrogens is 2. The molecule has 0 aliphatic carbocycles. The zero-order valence-corrected chi connectivity index (χ0v) is 15.3. The molecule has 5 nitrogen and oxygen atoms in total. The third-order valence-corrected chi connectivity index (χ3v) is 4.73. The van der Waals surface area contributed by atoms with Gasteiger partial charge in [0.25, 0.3) is 0 Å². The summed E-state index contributed by atoms with van der Waals surface area (Å²) in [4.78, 5) is 13.4. The molecule has 0 atom stereocenters. The van der Waals surface area contributed by atoms with E-state index in [-0.39, 0.29) is 5.82 Å². The van der Waals surface area contributed by atoms with Crippen molar-refractivity contribution < 1.29 is 4.39 Å². The van der Waals surface area contributed by atoms with Crippen molar-refractivity contribution in [3.05, 3.63) is 72.2 Å². The minimum Gasteiger partial charge on any atom is -0.368 e. The number of nitrogens with zero attached hydrogens (tertiary/aromatic N) is 4. The number of anilines is 4. The average molecular weight is 363 g/mol. The molecule has 1 fully saturated rings. The number of halogens is 1. The van der Waals surface area contributed by atoms with Gasteiger partial charge < -0.3 is 15.1 Å². The lowest BCUT2D eigenvalue weighted by Gasteiger charge is -2.36. The van der Waals surface area contributed by atoms with E-state index in [1.807, 2.05) is 6.07 Å². The highest BCUT2D eigenvalue weighted by Crippen LogP contribution is 2.22. The summed E-state index contributed by atoms with van der Waals surface area (Å²) in [7, 11) is 0. The van der Waals surface area contributed by atoms with Crippen LogP contribution in [-0.2, 0) is 0 Å². The lowest BCUT2D eigenvalue weighted by molar-refractivity contribution is 0.631. The number of piperazine rings is 1. The summed E-state index contributed by atoms with van der Waals surface area (Å²) in [6.45, 7) is 5.74. The molecule has 0 bridgehead atoms. The summed E-state index contributed by atoms with van der Waals surface area (Å²) in [5.41, 5.74) is 2.91. The van der Waals surface area contributed by atoms with E-state index in [1.54, 1.807) is 24.4 Å². The van der Waals surface area contributed by atoms with E-state index in [9.17, 15) is 4.39 Å². The molecule has 0 unspecified atom stereocenters. The molecule has 2 aromatic carbocycles. The van der Waals surface area contributed by atoms with Gasteiger partial charge in [0.2, 0.25) is 5.95 Å². The number of hydrogen-bond donors (Lipinski definition) is 1. The number of para-hydroxylation sites is 1. The summed E-state index contributed by atoms with van der Waals surface area (Å²) >= 11 is 0. The van der Waals surface area contributed by atoms with Crippen LogP contribution < -0.4 is 15.1 Å². The Balaban J connectivity index is 1.43. The van der Waals surface area contributed by atoms with Crippen LogP contribution in [0.15, 0.2) is 60.8 Å². The van der Waals surface area contributed by atoms with Crippen LogP contribution in [0.3, 0.4) is 0 Å². The van der Waals surface area contributed by atoms with Crippen LogP contribution >= 0.6 is 0 Å². The van der Waals surface area contributed by atoms with Crippen molar-refractivity contribution >= 4 is 23.1 Å². The summed E-state index contributed by atoms with van der Waals surface area (Å²) in [6.07, 6.45) is 1.71. The van der Waals surface area contributed by atoms with E-state index in [4.69, 9.17) is 0 Å². The average Bonchev–Trinajstić information content (AvgIpc) is 2.70. The molecule has 0 spiro atoms. The molecule has 2 heterocycles. The maximum atomic E-state index is 13.8. The second kappa shape index (κ2) is 7.61. The Hall–Kier alpha value is -3.15. The van der Waals surface area contributed by atoms with Crippen LogP contribution in [0, 0.1) is 12.7 Å². The first-order valence-electron chi connectivity index (χ1n) is 9.10. The maximum Gasteiger partial charge on any atom is 0.229 e. The second-order valence-electron chi connectivity index (χ2n) is 6.66. The van der Waals surface area contributed by atoms with Crippen LogP contribution in [-0.4, -0.2) is 36.1 Å². The molecular formula is C21H22FN5. The van der Waals surface area contributed by atoms with Crippen molar-refractivity contribution in [2.45, 2.75) is 6.92 Å². The smallest absolute Gasteiger partial charge is 0.229 e. The molecule has 138 valence electrons. The van der Waals surface area contributed by atoms with Gasteiger partial charge in [-0.15, -0.1) is 0 Å². The topological polar surface area (TPSA) is 44.3 Å². The first kappa shape index (κ1) is 17.3. The summed E-state index contributed by atoms with van der Waals surface area (Å²) in [5, 5.41) is 2.96. The quantitative estimate of drug-likeness (QED) is 0.759. The Morgan fingerprint density at radius 3 is 2.48 bits per heavy atom. The third-order valence-electron chi connectivity index (χ3n) is 4.73. The molecule has 1 saturated heterocycles. The van der Waals surface area contributed by atoms with Gasteiger partial charge in [0.15, 0.2) is 0 Å². The van der Waals surface area contributed by atoms with E-state index in [0.717, 1.165) is 32.0 Å². The van der Waals surface area contributed by atoms with E-state index in [0.29, 0.717) is 11.6 Å². The Bertz CT molecular complexity index is 922. The molecule has 27 heavy (non-hydrogen) atoms. The normalized spacial score (nSPS) is 14.3. The summed E-state index contributed by atoms with van der Waals surface area (Å²) in [5.74, 6) is 0.935. The molecule has 1 aliphatic rings. The maximum absolute atomic E-state index is 13.8. The lowest BCUT2D eigenvalue weighted by atomic mass is 10.2. The summed E-state index contributed by atoms with van der Waals surface area (Å²) < 4.78 is 13.8. The molecule has 4 rings (SSSR count). The van der Waals surface area contributed by atoms with Crippen molar-refractivity contribution in [1.82, 2.24) is 9.97 Å². The van der Waals surface area contributed by atoms with Gasteiger partial charge in [-0.05, 0) is 42.8 Å². The number of hydrogen-bond acceptors (Lipinski definition) is 5. The number of nitrogens with one attached hydrogen (secondary N) is 1. The third kappa shape index (κ3) is 4.00. The molecule has 3 aromatic rings. The highest BCUT2D eigenvalue weighted by atomic mass is 19.1. The van der Waals surface area contributed by atoms with Gasteiger partial charge in [0.05, 0.1) is 5.69 Å². The second-order valence-corrected chi connectivity index (χ2v) is 6.66. The van der Waals surface area contributed by atoms with Crippen LogP contribution in [0.25, 0.3) is 0 Å². The van der Waals surface area contributed by atoms with Gasteiger partial charge in [0.1, 0.15) is 11.6 Å². The van der Waals surface area contributed by atoms with Crippen molar-refractivity contribution in [1.29, 1.82) is 0 Å². The predicted octanol–water partition coefficient (Wildman–Crippen LogP) is 3.99. The Labute approximate surface area is 158 Å². The van der Waals surface area contributed by atoms with Crippen LogP contribution in [0.5, 0.6) is 0 Å². The number of rotatable bonds is 4. The predicted molar refractivity (Wildman–Crippen MR) is 107 cm³/mol. The van der Waals surface area contributed by atoms with Gasteiger partial charge in [-0.2, -0.15) is 4.98 Å². The molecule has 1 N–H and O–H groups in total. The highest BCUT2D eigenvalue weighted by molar-refractivity contribution is 5.56. The molecule has 0 saturated carbocycles. The monoisotopic (exact) mass is 363 g/mol. The van der Waals surface area contributed by atoms with Crippen LogP contribution in [0.2, 0.25) is 0 Å². The largest absolute Gasteiger partial charge is 0.368 e. The van der Waals surface area contributed by atoms with Gasteiger partial charge in [-0.25, -0.2) is 9.37 Å². The van der Waals surface area contributed by atoms with E-state index in [2.05, 4.69) is 56.3 Å². The van der Waals surface area contributed by atoms with E-state index in [1.165, 1.54) is 17.3 Å². The van der Waals surface area contributed by atoms with E-state index < -0.39 is 0 Å². The minimum absolute atomic E-state index is 0.321. The Morgan fingerprint density at radius 2 is 1.70 bits per heavy atom. The van der Waals surface area contributed by atoms with E-state index >= 15 is 0 Å². The van der Waals surface area contributed by atoms with Crippen molar-refractivity contribution in [3.63, 3.8) is 0 Å². The molecule has 0 radical (unpaired) electrons. The fourth-order valence-electron chi connectivity index (χ4n) is 3.29. The zero-order valence-electron chi connectivity index (χ0n) is 15.3. The molecular weight excluding hydrogens is 341 g/mol. The summed E-state index contributed by atoms with van der Waals surface area (Å²) in [6, 6.07) is 17.0. The van der Waals surface area contributed by atoms with Crippen molar-refractivity contribution in [2.24, 2.45) is 0 Å². The van der Waals surface area contributed by atoms with Gasteiger partial charge in [-0.3, -0.25) is 0 Å². The zero-order chi connectivity index (χ0) is 18.6. The van der Waals surface area contributed by atoms with Crippen LogP contribution in [0.1, 0.15) is 5.56 Å². The number of aryl methyl sites for hydroxylation is 1. The Morgan fingerprint density at radius 1 is 0.926 bits per heavy atom. The minimum atomic E-state index is -0.321. The molecule has 1 aliphatic heterocycles. The molecule has 6 heteroatoms. The SMILES string of the molecule is Cc1cccc(N2CCN(c3ccnc(Nc4ccccc4F)n3)CC2)c1. The first-order valence-corrected chi connectivity index (χ1v) is 9.10. The molecule has 1 aromatic heterocycles.